The van der Waals surface area contributed by atoms with Gasteiger partial charge in [-0.2, -0.15) is 0 Å². The average molecular weight is 533 g/mol. The Bertz CT molecular complexity index is 974. The average Bonchev–Trinajstić information content (AvgIpc) is 2.82. The molecule has 0 aliphatic heterocycles. The van der Waals surface area contributed by atoms with Gasteiger partial charge in [0.15, 0.2) is 6.61 Å². The smallest absolute Gasteiger partial charge is 0.261 e. The Morgan fingerprint density at radius 3 is 2.38 bits per heavy atom. The van der Waals surface area contributed by atoms with Gasteiger partial charge in [0.1, 0.15) is 17.6 Å². The topological polar surface area (TPSA) is 58.6 Å². The van der Waals surface area contributed by atoms with Crippen molar-refractivity contribution in [2.24, 2.45) is 0 Å². The van der Waals surface area contributed by atoms with Crippen molar-refractivity contribution in [1.82, 2.24) is 10.2 Å². The van der Waals surface area contributed by atoms with Crippen LogP contribution >= 0.6 is 15.9 Å². The summed E-state index contributed by atoms with van der Waals surface area (Å²) in [6.07, 6.45) is 5.34. The molecule has 34 heavy (non-hydrogen) atoms. The van der Waals surface area contributed by atoms with Gasteiger partial charge in [-0.25, -0.2) is 4.39 Å². The van der Waals surface area contributed by atoms with Crippen LogP contribution in [0.25, 0.3) is 0 Å². The van der Waals surface area contributed by atoms with Gasteiger partial charge in [0.05, 0.1) is 4.47 Å². The van der Waals surface area contributed by atoms with Crippen LogP contribution in [0.5, 0.6) is 5.75 Å². The van der Waals surface area contributed by atoms with Crippen molar-refractivity contribution in [3.63, 3.8) is 0 Å². The van der Waals surface area contributed by atoms with Gasteiger partial charge in [-0.1, -0.05) is 51.3 Å². The standard InChI is InChI=1S/C27H34BrFN2O3/c1-18(2)21-11-14-25(24(28)15-21)34-17-26(32)31(16-20-9-12-22(29)13-10-20)19(3)27(33)30-23-7-5-4-6-8-23/h9-15,18-19,23H,4-8,16-17H2,1-3H3,(H,30,33). The quantitative estimate of drug-likeness (QED) is 0.433. The van der Waals surface area contributed by atoms with Crippen LogP contribution in [0.15, 0.2) is 46.9 Å². The molecule has 1 aliphatic rings. The molecule has 1 saturated carbocycles. The van der Waals surface area contributed by atoms with Crippen molar-refractivity contribution in [3.8, 4) is 5.75 Å². The fourth-order valence-corrected chi connectivity index (χ4v) is 4.66. The summed E-state index contributed by atoms with van der Waals surface area (Å²) < 4.78 is 20.0. The lowest BCUT2D eigenvalue weighted by atomic mass is 9.95. The summed E-state index contributed by atoms with van der Waals surface area (Å²) in [7, 11) is 0. The molecule has 0 heterocycles. The zero-order valence-corrected chi connectivity index (χ0v) is 21.7. The van der Waals surface area contributed by atoms with Crippen LogP contribution in [0.3, 0.4) is 0 Å². The van der Waals surface area contributed by atoms with Crippen LogP contribution in [-0.2, 0) is 16.1 Å². The van der Waals surface area contributed by atoms with Crippen LogP contribution in [0.4, 0.5) is 4.39 Å². The van der Waals surface area contributed by atoms with Gasteiger partial charge in [-0.05, 0) is 77.0 Å². The zero-order chi connectivity index (χ0) is 24.7. The maximum Gasteiger partial charge on any atom is 0.261 e. The lowest BCUT2D eigenvalue weighted by Crippen LogP contribution is -2.51. The number of carbonyl (C=O) groups is 2. The largest absolute Gasteiger partial charge is 0.483 e. The maximum absolute atomic E-state index is 13.4. The summed E-state index contributed by atoms with van der Waals surface area (Å²) in [6, 6.07) is 11.2. The summed E-state index contributed by atoms with van der Waals surface area (Å²) in [5, 5.41) is 3.11. The van der Waals surface area contributed by atoms with Crippen molar-refractivity contribution in [2.75, 3.05) is 6.61 Å². The molecule has 1 atom stereocenters. The molecule has 1 fully saturated rings. The van der Waals surface area contributed by atoms with E-state index in [0.717, 1.165) is 41.3 Å². The molecule has 3 rings (SSSR count). The Balaban J connectivity index is 1.71. The highest BCUT2D eigenvalue weighted by Crippen LogP contribution is 2.29. The first kappa shape index (κ1) is 26.2. The van der Waals surface area contributed by atoms with E-state index in [-0.39, 0.29) is 36.8 Å². The third-order valence-corrected chi connectivity index (χ3v) is 6.98. The first-order chi connectivity index (χ1) is 16.2. The molecule has 2 aromatic rings. The van der Waals surface area contributed by atoms with E-state index in [1.165, 1.54) is 23.5 Å². The summed E-state index contributed by atoms with van der Waals surface area (Å²) in [5.41, 5.74) is 1.91. The van der Waals surface area contributed by atoms with Crippen LogP contribution in [0.2, 0.25) is 0 Å². The molecular weight excluding hydrogens is 499 g/mol. The molecule has 1 unspecified atom stereocenters. The Labute approximate surface area is 210 Å². The van der Waals surface area contributed by atoms with Crippen molar-refractivity contribution < 1.29 is 18.7 Å². The van der Waals surface area contributed by atoms with Gasteiger partial charge in [-0.3, -0.25) is 9.59 Å². The van der Waals surface area contributed by atoms with Gasteiger partial charge in [-0.15, -0.1) is 0 Å². The molecule has 0 bridgehead atoms. The summed E-state index contributed by atoms with van der Waals surface area (Å²) >= 11 is 3.52. The maximum atomic E-state index is 13.4. The number of hydrogen-bond acceptors (Lipinski definition) is 3. The van der Waals surface area contributed by atoms with Gasteiger partial charge < -0.3 is 15.0 Å². The molecule has 7 heteroatoms. The molecule has 1 N–H and O–H groups in total. The third-order valence-electron chi connectivity index (χ3n) is 6.36. The van der Waals surface area contributed by atoms with Crippen LogP contribution in [0.1, 0.15) is 69.9 Å². The predicted molar refractivity (Wildman–Crippen MR) is 135 cm³/mol. The molecular formula is C27H34BrFN2O3. The van der Waals surface area contributed by atoms with E-state index in [9.17, 15) is 14.0 Å². The monoisotopic (exact) mass is 532 g/mol. The number of hydrogen-bond donors (Lipinski definition) is 1. The van der Waals surface area contributed by atoms with Crippen molar-refractivity contribution in [2.45, 2.75) is 77.4 Å². The van der Waals surface area contributed by atoms with E-state index in [4.69, 9.17) is 4.74 Å². The summed E-state index contributed by atoms with van der Waals surface area (Å²) in [5.74, 6) is 0.114. The second kappa shape index (κ2) is 12.3. The highest BCUT2D eigenvalue weighted by molar-refractivity contribution is 9.10. The molecule has 0 radical (unpaired) electrons. The molecule has 0 aromatic heterocycles. The minimum atomic E-state index is -0.685. The van der Waals surface area contributed by atoms with Crippen molar-refractivity contribution in [3.05, 3.63) is 63.9 Å². The van der Waals surface area contributed by atoms with Gasteiger partial charge >= 0.3 is 0 Å². The lowest BCUT2D eigenvalue weighted by molar-refractivity contribution is -0.142. The Hall–Kier alpha value is -2.41. The first-order valence-corrected chi connectivity index (χ1v) is 12.8. The number of benzene rings is 2. The fraction of sp³-hybridized carbons (Fsp3) is 0.481. The third kappa shape index (κ3) is 7.29. The second-order valence-electron chi connectivity index (χ2n) is 9.30. The summed E-state index contributed by atoms with van der Waals surface area (Å²) in [4.78, 5) is 27.8. The molecule has 1 aliphatic carbocycles. The van der Waals surface area contributed by atoms with Gasteiger partial charge in [0.25, 0.3) is 5.91 Å². The van der Waals surface area contributed by atoms with Crippen LogP contribution in [-0.4, -0.2) is 35.4 Å². The molecule has 2 aromatic carbocycles. The van der Waals surface area contributed by atoms with Gasteiger partial charge in [0, 0.05) is 12.6 Å². The minimum absolute atomic E-state index is 0.151. The fourth-order valence-electron chi connectivity index (χ4n) is 4.15. The second-order valence-corrected chi connectivity index (χ2v) is 10.2. The molecule has 5 nitrogen and oxygen atoms in total. The highest BCUT2D eigenvalue weighted by Gasteiger charge is 2.28. The summed E-state index contributed by atoms with van der Waals surface area (Å²) in [6.45, 7) is 5.93. The van der Waals surface area contributed by atoms with E-state index in [1.807, 2.05) is 18.2 Å². The number of halogens is 2. The SMILES string of the molecule is CC(C)c1ccc(OCC(=O)N(Cc2ccc(F)cc2)C(C)C(=O)NC2CCCCC2)c(Br)c1. The van der Waals surface area contributed by atoms with Gasteiger partial charge in [0.2, 0.25) is 5.91 Å². The molecule has 0 saturated heterocycles. The van der Waals surface area contributed by atoms with Crippen molar-refractivity contribution >= 4 is 27.7 Å². The number of ether oxygens (including phenoxy) is 1. The molecule has 0 spiro atoms. The zero-order valence-electron chi connectivity index (χ0n) is 20.2. The van der Waals surface area contributed by atoms with E-state index < -0.39 is 6.04 Å². The molecule has 184 valence electrons. The Kier molecular flexibility index (Phi) is 9.51. The number of amides is 2. The van der Waals surface area contributed by atoms with Crippen LogP contribution in [0, 0.1) is 5.82 Å². The Morgan fingerprint density at radius 1 is 1.09 bits per heavy atom. The van der Waals surface area contributed by atoms with E-state index >= 15 is 0 Å². The van der Waals surface area contributed by atoms with E-state index in [0.29, 0.717) is 11.7 Å². The number of nitrogens with one attached hydrogen (secondary N) is 1. The lowest BCUT2D eigenvalue weighted by Gasteiger charge is -2.31. The molecule has 2 amide bonds. The van der Waals surface area contributed by atoms with Crippen LogP contribution < -0.4 is 10.1 Å². The number of nitrogens with zero attached hydrogens (tertiary/aromatic N) is 1. The van der Waals surface area contributed by atoms with E-state index in [1.54, 1.807) is 19.1 Å². The highest BCUT2D eigenvalue weighted by atomic mass is 79.9. The van der Waals surface area contributed by atoms with E-state index in [2.05, 4.69) is 35.1 Å². The normalized spacial score (nSPS) is 15.1. The number of rotatable bonds is 9. The number of carbonyl (C=O) groups excluding carboxylic acids is 2. The van der Waals surface area contributed by atoms with Crippen molar-refractivity contribution in [1.29, 1.82) is 0 Å². The predicted octanol–water partition coefficient (Wildman–Crippen LogP) is 5.96. The minimum Gasteiger partial charge on any atom is -0.483 e. The Morgan fingerprint density at radius 2 is 1.76 bits per heavy atom. The first-order valence-electron chi connectivity index (χ1n) is 12.0.